The van der Waals surface area contributed by atoms with Gasteiger partial charge in [-0.15, -0.1) is 22.9 Å². The zero-order chi connectivity index (χ0) is 14.2. The first kappa shape index (κ1) is 14.6. The van der Waals surface area contributed by atoms with Gasteiger partial charge in [0.1, 0.15) is 0 Å². The third-order valence-corrected chi connectivity index (χ3v) is 5.15. The zero-order valence-electron chi connectivity index (χ0n) is 12.3. The number of hydrogen-bond donors (Lipinski definition) is 0. The van der Waals surface area contributed by atoms with Gasteiger partial charge < -0.3 is 0 Å². The van der Waals surface area contributed by atoms with Gasteiger partial charge in [-0.25, -0.2) is 0 Å². The van der Waals surface area contributed by atoms with Crippen molar-refractivity contribution in [2.75, 3.05) is 0 Å². The summed E-state index contributed by atoms with van der Waals surface area (Å²) in [6.45, 7) is 11.0. The molecule has 2 aromatic rings. The number of alkyl halides is 1. The van der Waals surface area contributed by atoms with Gasteiger partial charge in [-0.1, -0.05) is 45.0 Å². The Labute approximate surface area is 125 Å². The second-order valence-corrected chi connectivity index (χ2v) is 7.83. The Morgan fingerprint density at radius 3 is 2.26 bits per heavy atom. The maximum atomic E-state index is 6.77. The quantitative estimate of drug-likeness (QED) is 0.596. The Balaban J connectivity index is 2.50. The highest BCUT2D eigenvalue weighted by Gasteiger charge is 2.24. The van der Waals surface area contributed by atoms with E-state index < -0.39 is 0 Å². The lowest BCUT2D eigenvalue weighted by Gasteiger charge is -2.25. The molecular weight excluding hydrogens is 272 g/mol. The predicted octanol–water partition coefficient (Wildman–Crippen LogP) is 5.99. The van der Waals surface area contributed by atoms with Crippen LogP contribution in [0.25, 0.3) is 0 Å². The Morgan fingerprint density at radius 1 is 1.11 bits per heavy atom. The summed E-state index contributed by atoms with van der Waals surface area (Å²) in [5.41, 5.74) is 3.98. The Morgan fingerprint density at radius 2 is 1.74 bits per heavy atom. The smallest absolute Gasteiger partial charge is 0.0933 e. The number of rotatable bonds is 2. The predicted molar refractivity (Wildman–Crippen MR) is 86.6 cm³/mol. The van der Waals surface area contributed by atoms with Crippen molar-refractivity contribution >= 4 is 22.9 Å². The van der Waals surface area contributed by atoms with E-state index in [-0.39, 0.29) is 10.8 Å². The molecule has 0 aliphatic heterocycles. The van der Waals surface area contributed by atoms with E-state index in [1.165, 1.54) is 26.4 Å². The summed E-state index contributed by atoms with van der Waals surface area (Å²) in [6, 6.07) is 10.7. The van der Waals surface area contributed by atoms with Crippen LogP contribution in [-0.4, -0.2) is 0 Å². The normalized spacial score (nSPS) is 13.6. The molecule has 1 atom stereocenters. The summed E-state index contributed by atoms with van der Waals surface area (Å²) >= 11 is 8.58. The first-order valence-corrected chi connectivity index (χ1v) is 7.86. The summed E-state index contributed by atoms with van der Waals surface area (Å²) in [6.07, 6.45) is 0. The van der Waals surface area contributed by atoms with Crippen molar-refractivity contribution in [2.24, 2.45) is 0 Å². The van der Waals surface area contributed by atoms with E-state index in [0.717, 1.165) is 0 Å². The van der Waals surface area contributed by atoms with Gasteiger partial charge in [0, 0.05) is 9.75 Å². The van der Waals surface area contributed by atoms with Crippen molar-refractivity contribution in [3.63, 3.8) is 0 Å². The van der Waals surface area contributed by atoms with Crippen molar-refractivity contribution in [2.45, 2.75) is 45.4 Å². The highest BCUT2D eigenvalue weighted by atomic mass is 35.5. The lowest BCUT2D eigenvalue weighted by atomic mass is 9.82. The molecule has 0 N–H and O–H groups in total. The van der Waals surface area contributed by atoms with Crippen molar-refractivity contribution in [3.05, 3.63) is 56.8 Å². The summed E-state index contributed by atoms with van der Waals surface area (Å²) in [7, 11) is 0. The average Bonchev–Trinajstić information content (AvgIpc) is 2.66. The minimum Gasteiger partial charge on any atom is -0.143 e. The molecule has 102 valence electrons. The van der Waals surface area contributed by atoms with Crippen molar-refractivity contribution in [1.29, 1.82) is 0 Å². The maximum Gasteiger partial charge on any atom is 0.0933 e. The molecule has 0 saturated heterocycles. The molecule has 0 bridgehead atoms. The van der Waals surface area contributed by atoms with E-state index in [0.29, 0.717) is 0 Å². The fourth-order valence-corrected chi connectivity index (χ4v) is 3.98. The summed E-state index contributed by atoms with van der Waals surface area (Å²) in [5.74, 6) is 0. The summed E-state index contributed by atoms with van der Waals surface area (Å²) in [4.78, 5) is 2.60. The van der Waals surface area contributed by atoms with Crippen molar-refractivity contribution < 1.29 is 0 Å². The molecule has 1 unspecified atom stereocenters. The molecule has 2 rings (SSSR count). The third kappa shape index (κ3) is 3.04. The topological polar surface area (TPSA) is 0 Å². The molecule has 0 amide bonds. The van der Waals surface area contributed by atoms with Crippen LogP contribution < -0.4 is 0 Å². The van der Waals surface area contributed by atoms with E-state index in [1.54, 1.807) is 11.3 Å². The van der Waals surface area contributed by atoms with E-state index in [9.17, 15) is 0 Å². The standard InChI is InChI=1S/C17H21ClS/c1-11-10-12(2)19-16(11)15(18)13-8-6-7-9-14(13)17(3,4)5/h6-10,15H,1-5H3. The summed E-state index contributed by atoms with van der Waals surface area (Å²) < 4.78 is 0. The molecule has 0 saturated carbocycles. The van der Waals surface area contributed by atoms with Gasteiger partial charge >= 0.3 is 0 Å². The Kier molecular flexibility index (Phi) is 4.08. The molecule has 0 aliphatic rings. The van der Waals surface area contributed by atoms with E-state index >= 15 is 0 Å². The molecule has 1 aromatic carbocycles. The lowest BCUT2D eigenvalue weighted by molar-refractivity contribution is 0.583. The second-order valence-electron chi connectivity index (χ2n) is 6.10. The average molecular weight is 293 g/mol. The van der Waals surface area contributed by atoms with E-state index in [4.69, 9.17) is 11.6 Å². The van der Waals surface area contributed by atoms with Gasteiger partial charge in [0.15, 0.2) is 0 Å². The monoisotopic (exact) mass is 292 g/mol. The second kappa shape index (κ2) is 5.30. The molecule has 0 nitrogen and oxygen atoms in total. The van der Waals surface area contributed by atoms with E-state index in [2.05, 4.69) is 65.0 Å². The largest absolute Gasteiger partial charge is 0.143 e. The number of aryl methyl sites for hydroxylation is 2. The maximum absolute atomic E-state index is 6.77. The highest BCUT2D eigenvalue weighted by molar-refractivity contribution is 7.12. The van der Waals surface area contributed by atoms with Gasteiger partial charge in [-0.3, -0.25) is 0 Å². The molecule has 0 aliphatic carbocycles. The van der Waals surface area contributed by atoms with Crippen molar-refractivity contribution in [3.8, 4) is 0 Å². The molecule has 2 heteroatoms. The zero-order valence-corrected chi connectivity index (χ0v) is 13.8. The summed E-state index contributed by atoms with van der Waals surface area (Å²) in [5, 5.41) is -0.0471. The third-order valence-electron chi connectivity index (χ3n) is 3.35. The first-order valence-electron chi connectivity index (χ1n) is 6.61. The Bertz CT molecular complexity index is 575. The van der Waals surface area contributed by atoms with Crippen LogP contribution in [0, 0.1) is 13.8 Å². The number of thiophene rings is 1. The van der Waals surface area contributed by atoms with Gasteiger partial charge in [0.2, 0.25) is 0 Å². The molecule has 1 heterocycles. The van der Waals surface area contributed by atoms with Gasteiger partial charge in [0.05, 0.1) is 5.38 Å². The van der Waals surface area contributed by atoms with E-state index in [1.807, 2.05) is 0 Å². The molecule has 0 fully saturated rings. The van der Waals surface area contributed by atoms with Crippen LogP contribution >= 0.6 is 22.9 Å². The van der Waals surface area contributed by atoms with Gasteiger partial charge in [-0.05, 0) is 42.0 Å². The fraction of sp³-hybridized carbons (Fsp3) is 0.412. The fourth-order valence-electron chi connectivity index (χ4n) is 2.45. The van der Waals surface area contributed by atoms with Crippen LogP contribution in [0.2, 0.25) is 0 Å². The molecule has 1 aromatic heterocycles. The van der Waals surface area contributed by atoms with Crippen LogP contribution in [0.15, 0.2) is 30.3 Å². The molecule has 19 heavy (non-hydrogen) atoms. The van der Waals surface area contributed by atoms with Gasteiger partial charge in [-0.2, -0.15) is 0 Å². The van der Waals surface area contributed by atoms with Crippen LogP contribution in [0.5, 0.6) is 0 Å². The number of halogens is 1. The minimum atomic E-state index is -0.0471. The van der Waals surface area contributed by atoms with Crippen LogP contribution in [0.1, 0.15) is 52.6 Å². The molecular formula is C17H21ClS. The highest BCUT2D eigenvalue weighted by Crippen LogP contribution is 2.40. The van der Waals surface area contributed by atoms with Crippen LogP contribution in [0.3, 0.4) is 0 Å². The van der Waals surface area contributed by atoms with Gasteiger partial charge in [0.25, 0.3) is 0 Å². The SMILES string of the molecule is Cc1cc(C)c(C(Cl)c2ccccc2C(C)(C)C)s1. The lowest BCUT2D eigenvalue weighted by Crippen LogP contribution is -2.15. The first-order chi connectivity index (χ1) is 8.80. The number of benzene rings is 1. The van der Waals surface area contributed by atoms with Crippen LogP contribution in [-0.2, 0) is 5.41 Å². The number of hydrogen-bond acceptors (Lipinski definition) is 1. The minimum absolute atomic E-state index is 0.0471. The van der Waals surface area contributed by atoms with Crippen LogP contribution in [0.4, 0.5) is 0 Å². The molecule has 0 spiro atoms. The van der Waals surface area contributed by atoms with Crippen molar-refractivity contribution in [1.82, 2.24) is 0 Å². The Hall–Kier alpha value is -0.790. The molecule has 0 radical (unpaired) electrons.